The van der Waals surface area contributed by atoms with E-state index in [0.29, 0.717) is 5.56 Å². The van der Waals surface area contributed by atoms with Crippen LogP contribution in [0.2, 0.25) is 0 Å². The molecule has 2 aromatic rings. The van der Waals surface area contributed by atoms with E-state index in [9.17, 15) is 13.2 Å². The summed E-state index contributed by atoms with van der Waals surface area (Å²) in [7, 11) is 2.96. The Bertz CT molecular complexity index is 616. The SMILES string of the molecule is CNC(c1ccc(OC)c(F)c1)c1cccc(F)c1F. The summed E-state index contributed by atoms with van der Waals surface area (Å²) >= 11 is 0. The van der Waals surface area contributed by atoms with Crippen molar-refractivity contribution in [1.82, 2.24) is 5.32 Å². The van der Waals surface area contributed by atoms with Crippen LogP contribution in [-0.4, -0.2) is 14.2 Å². The summed E-state index contributed by atoms with van der Waals surface area (Å²) in [4.78, 5) is 0. The summed E-state index contributed by atoms with van der Waals surface area (Å²) in [6.07, 6.45) is 0. The van der Waals surface area contributed by atoms with Crippen LogP contribution < -0.4 is 10.1 Å². The summed E-state index contributed by atoms with van der Waals surface area (Å²) in [5.74, 6) is -2.33. The molecule has 0 aliphatic rings. The van der Waals surface area contributed by atoms with Crippen molar-refractivity contribution in [1.29, 1.82) is 0 Å². The number of nitrogens with one attached hydrogen (secondary N) is 1. The first-order valence-electron chi connectivity index (χ1n) is 6.03. The standard InChI is InChI=1S/C15H14F3NO/c1-19-15(10-4-3-5-11(16)14(10)18)9-6-7-13(20-2)12(17)8-9/h3-8,15,19H,1-2H3. The third-order valence-electron chi connectivity index (χ3n) is 3.09. The molecule has 0 heterocycles. The maximum Gasteiger partial charge on any atom is 0.165 e. The Morgan fingerprint density at radius 3 is 2.40 bits per heavy atom. The molecule has 0 fully saturated rings. The minimum atomic E-state index is -0.942. The number of benzene rings is 2. The second-order valence-electron chi connectivity index (χ2n) is 4.26. The Kier molecular flexibility index (Phi) is 4.29. The monoisotopic (exact) mass is 281 g/mol. The van der Waals surface area contributed by atoms with Gasteiger partial charge in [0, 0.05) is 5.56 Å². The topological polar surface area (TPSA) is 21.3 Å². The molecule has 1 N–H and O–H groups in total. The Morgan fingerprint density at radius 1 is 1.05 bits per heavy atom. The summed E-state index contributed by atoms with van der Waals surface area (Å²) < 4.78 is 45.7. The van der Waals surface area contributed by atoms with Crippen LogP contribution in [0.3, 0.4) is 0 Å². The minimum absolute atomic E-state index is 0.100. The van der Waals surface area contributed by atoms with Crippen LogP contribution in [0.5, 0.6) is 5.75 Å². The number of ether oxygens (including phenoxy) is 1. The molecule has 0 saturated carbocycles. The molecule has 2 rings (SSSR count). The second-order valence-corrected chi connectivity index (χ2v) is 4.26. The van der Waals surface area contributed by atoms with Gasteiger partial charge in [0.15, 0.2) is 23.2 Å². The number of rotatable bonds is 4. The Balaban J connectivity index is 2.47. The molecule has 1 atom stereocenters. The Morgan fingerprint density at radius 2 is 1.80 bits per heavy atom. The minimum Gasteiger partial charge on any atom is -0.494 e. The van der Waals surface area contributed by atoms with Crippen LogP contribution in [0.1, 0.15) is 17.2 Å². The van der Waals surface area contributed by atoms with E-state index in [1.54, 1.807) is 13.1 Å². The molecular weight excluding hydrogens is 267 g/mol. The Labute approximate surface area is 115 Å². The molecule has 0 aromatic heterocycles. The van der Waals surface area contributed by atoms with Crippen molar-refractivity contribution in [3.8, 4) is 5.75 Å². The molecule has 0 radical (unpaired) electrons. The first-order valence-corrected chi connectivity index (χ1v) is 6.03. The molecule has 0 aliphatic carbocycles. The first kappa shape index (κ1) is 14.4. The molecule has 1 unspecified atom stereocenters. The van der Waals surface area contributed by atoms with E-state index in [-0.39, 0.29) is 11.3 Å². The van der Waals surface area contributed by atoms with Gasteiger partial charge in [-0.15, -0.1) is 0 Å². The van der Waals surface area contributed by atoms with Crippen LogP contribution in [0.4, 0.5) is 13.2 Å². The van der Waals surface area contributed by atoms with E-state index in [1.165, 1.54) is 31.4 Å². The fourth-order valence-electron chi connectivity index (χ4n) is 2.11. The third-order valence-corrected chi connectivity index (χ3v) is 3.09. The molecule has 5 heteroatoms. The molecule has 2 aromatic carbocycles. The number of halogens is 3. The van der Waals surface area contributed by atoms with E-state index < -0.39 is 23.5 Å². The summed E-state index contributed by atoms with van der Waals surface area (Å²) in [5, 5.41) is 2.85. The third kappa shape index (κ3) is 2.63. The van der Waals surface area contributed by atoms with Crippen LogP contribution >= 0.6 is 0 Å². The van der Waals surface area contributed by atoms with Crippen molar-refractivity contribution in [2.45, 2.75) is 6.04 Å². The fraction of sp³-hybridized carbons (Fsp3) is 0.200. The second kappa shape index (κ2) is 5.96. The average Bonchev–Trinajstić information content (AvgIpc) is 2.44. The predicted octanol–water partition coefficient (Wildman–Crippen LogP) is 3.42. The van der Waals surface area contributed by atoms with Gasteiger partial charge in [0.2, 0.25) is 0 Å². The first-order chi connectivity index (χ1) is 9.58. The lowest BCUT2D eigenvalue weighted by molar-refractivity contribution is 0.385. The van der Waals surface area contributed by atoms with Gasteiger partial charge in [0.05, 0.1) is 13.2 Å². The van der Waals surface area contributed by atoms with Crippen molar-refractivity contribution in [3.05, 3.63) is 65.0 Å². The van der Waals surface area contributed by atoms with E-state index in [2.05, 4.69) is 5.32 Å². The zero-order valence-electron chi connectivity index (χ0n) is 11.1. The van der Waals surface area contributed by atoms with Crippen LogP contribution in [0.25, 0.3) is 0 Å². The highest BCUT2D eigenvalue weighted by Gasteiger charge is 2.19. The molecule has 106 valence electrons. The van der Waals surface area contributed by atoms with Gasteiger partial charge >= 0.3 is 0 Å². The van der Waals surface area contributed by atoms with Crippen LogP contribution in [0.15, 0.2) is 36.4 Å². The van der Waals surface area contributed by atoms with Crippen molar-refractivity contribution >= 4 is 0 Å². The largest absolute Gasteiger partial charge is 0.494 e. The van der Waals surface area contributed by atoms with Crippen LogP contribution in [0, 0.1) is 17.5 Å². The highest BCUT2D eigenvalue weighted by molar-refractivity contribution is 5.37. The lowest BCUT2D eigenvalue weighted by Crippen LogP contribution is -2.19. The van der Waals surface area contributed by atoms with Gasteiger partial charge < -0.3 is 10.1 Å². The zero-order chi connectivity index (χ0) is 14.7. The maximum absolute atomic E-state index is 13.8. The van der Waals surface area contributed by atoms with E-state index in [1.807, 2.05) is 0 Å². The average molecular weight is 281 g/mol. The van der Waals surface area contributed by atoms with E-state index in [0.717, 1.165) is 6.07 Å². The summed E-state index contributed by atoms with van der Waals surface area (Å²) in [5.41, 5.74) is 0.604. The zero-order valence-corrected chi connectivity index (χ0v) is 11.1. The number of hydrogen-bond acceptors (Lipinski definition) is 2. The van der Waals surface area contributed by atoms with E-state index >= 15 is 0 Å². The van der Waals surface area contributed by atoms with Crippen molar-refractivity contribution in [2.75, 3.05) is 14.2 Å². The van der Waals surface area contributed by atoms with Crippen molar-refractivity contribution in [3.63, 3.8) is 0 Å². The van der Waals surface area contributed by atoms with Gasteiger partial charge in [-0.25, -0.2) is 13.2 Å². The van der Waals surface area contributed by atoms with Gasteiger partial charge in [0.1, 0.15) is 0 Å². The van der Waals surface area contributed by atoms with Crippen molar-refractivity contribution in [2.24, 2.45) is 0 Å². The smallest absolute Gasteiger partial charge is 0.165 e. The summed E-state index contributed by atoms with van der Waals surface area (Å²) in [6, 6.07) is 7.56. The normalized spacial score (nSPS) is 12.2. The van der Waals surface area contributed by atoms with Gasteiger partial charge in [-0.3, -0.25) is 0 Å². The Hall–Kier alpha value is -2.01. The molecule has 0 aliphatic heterocycles. The lowest BCUT2D eigenvalue weighted by Gasteiger charge is -2.18. The number of methoxy groups -OCH3 is 1. The highest BCUT2D eigenvalue weighted by Crippen LogP contribution is 2.28. The summed E-state index contributed by atoms with van der Waals surface area (Å²) in [6.45, 7) is 0. The molecule has 0 amide bonds. The quantitative estimate of drug-likeness (QED) is 0.927. The van der Waals surface area contributed by atoms with Gasteiger partial charge in [-0.05, 0) is 30.8 Å². The van der Waals surface area contributed by atoms with Crippen molar-refractivity contribution < 1.29 is 17.9 Å². The maximum atomic E-state index is 13.8. The van der Waals surface area contributed by atoms with Gasteiger partial charge in [-0.2, -0.15) is 0 Å². The van der Waals surface area contributed by atoms with Gasteiger partial charge in [-0.1, -0.05) is 18.2 Å². The highest BCUT2D eigenvalue weighted by atomic mass is 19.2. The fourth-order valence-corrected chi connectivity index (χ4v) is 2.11. The molecule has 0 bridgehead atoms. The molecule has 2 nitrogen and oxygen atoms in total. The molecule has 0 saturated heterocycles. The predicted molar refractivity (Wildman–Crippen MR) is 70.2 cm³/mol. The number of hydrogen-bond donors (Lipinski definition) is 1. The van der Waals surface area contributed by atoms with Gasteiger partial charge in [0.25, 0.3) is 0 Å². The molecule has 0 spiro atoms. The van der Waals surface area contributed by atoms with E-state index in [4.69, 9.17) is 4.74 Å². The van der Waals surface area contributed by atoms with Crippen LogP contribution in [-0.2, 0) is 0 Å². The molecular formula is C15H14F3NO. The lowest BCUT2D eigenvalue weighted by atomic mass is 9.98. The molecule has 20 heavy (non-hydrogen) atoms.